The number of hydrogen-bond acceptors (Lipinski definition) is 1. The highest BCUT2D eigenvalue weighted by atomic mass is 35.5. The second-order valence-corrected chi connectivity index (χ2v) is 3.19. The number of nitrogens with one attached hydrogen (secondary N) is 1. The van der Waals surface area contributed by atoms with Gasteiger partial charge >= 0.3 is 0 Å². The molecule has 0 amide bonds. The average Bonchev–Trinajstić information content (AvgIpc) is 2.20. The van der Waals surface area contributed by atoms with E-state index in [4.69, 9.17) is 0 Å². The highest BCUT2D eigenvalue weighted by Gasteiger charge is 2.04. The molecule has 0 unspecified atom stereocenters. The zero-order valence-electron chi connectivity index (χ0n) is 7.76. The number of hydrogen-bond donors (Lipinski definition) is 1. The van der Waals surface area contributed by atoms with Gasteiger partial charge in [0.05, 0.1) is 0 Å². The summed E-state index contributed by atoms with van der Waals surface area (Å²) in [6.07, 6.45) is 3.20. The minimum absolute atomic E-state index is 0. The normalized spacial score (nSPS) is 15.6. The molecule has 2 rings (SSSR count). The van der Waals surface area contributed by atoms with E-state index < -0.39 is 0 Å². The molecule has 14 heavy (non-hydrogen) atoms. The molecule has 0 bridgehead atoms. The first-order valence-electron chi connectivity index (χ1n) is 4.52. The van der Waals surface area contributed by atoms with Crippen molar-refractivity contribution in [2.75, 3.05) is 13.1 Å². The molecule has 1 aromatic rings. The molecule has 1 aliphatic rings. The van der Waals surface area contributed by atoms with Gasteiger partial charge in [-0.2, -0.15) is 0 Å². The fraction of sp³-hybridized carbons (Fsp3) is 0.273. The lowest BCUT2D eigenvalue weighted by atomic mass is 10.0. The maximum Gasteiger partial charge on any atom is 0.123 e. The van der Waals surface area contributed by atoms with Gasteiger partial charge in [-0.05, 0) is 36.2 Å². The molecule has 1 N–H and O–H groups in total. The molecule has 0 aromatic heterocycles. The van der Waals surface area contributed by atoms with Crippen LogP contribution < -0.4 is 17.7 Å². The monoisotopic (exact) mass is 212 g/mol. The van der Waals surface area contributed by atoms with E-state index >= 15 is 0 Å². The minimum Gasteiger partial charge on any atom is -1.00 e. The molecule has 0 radical (unpaired) electrons. The van der Waals surface area contributed by atoms with Crippen molar-refractivity contribution in [1.82, 2.24) is 5.32 Å². The standard InChI is InChI=1S/C11H12FN.ClH/c12-11-3-1-9(2-4-11)10-5-7-13-8-6-10;/h1-5,13H,6-8H2;1H/p-1. The average molecular weight is 213 g/mol. The Labute approximate surface area is 89.4 Å². The molecule has 0 aliphatic carbocycles. The van der Waals surface area contributed by atoms with Crippen LogP contribution in [0.5, 0.6) is 0 Å². The number of halogens is 2. The van der Waals surface area contributed by atoms with Crippen LogP contribution >= 0.6 is 0 Å². The van der Waals surface area contributed by atoms with E-state index in [0.717, 1.165) is 25.1 Å². The van der Waals surface area contributed by atoms with Crippen LogP contribution in [-0.4, -0.2) is 13.1 Å². The van der Waals surface area contributed by atoms with Gasteiger partial charge < -0.3 is 17.7 Å². The van der Waals surface area contributed by atoms with Crippen molar-refractivity contribution in [2.45, 2.75) is 6.42 Å². The zero-order valence-corrected chi connectivity index (χ0v) is 8.52. The maximum atomic E-state index is 12.6. The summed E-state index contributed by atoms with van der Waals surface area (Å²) in [6.45, 7) is 1.94. The van der Waals surface area contributed by atoms with E-state index in [2.05, 4.69) is 11.4 Å². The summed E-state index contributed by atoms with van der Waals surface area (Å²) >= 11 is 0. The molecular weight excluding hydrogens is 201 g/mol. The highest BCUT2D eigenvalue weighted by Crippen LogP contribution is 2.19. The summed E-state index contributed by atoms with van der Waals surface area (Å²) < 4.78 is 12.6. The number of benzene rings is 1. The van der Waals surface area contributed by atoms with Gasteiger partial charge in [0.2, 0.25) is 0 Å². The maximum absolute atomic E-state index is 12.6. The van der Waals surface area contributed by atoms with Crippen LogP contribution in [0, 0.1) is 5.82 Å². The summed E-state index contributed by atoms with van der Waals surface area (Å²) in [5, 5.41) is 3.25. The third-order valence-corrected chi connectivity index (χ3v) is 2.28. The van der Waals surface area contributed by atoms with Crippen molar-refractivity contribution in [1.29, 1.82) is 0 Å². The van der Waals surface area contributed by atoms with Crippen LogP contribution in [0.1, 0.15) is 12.0 Å². The topological polar surface area (TPSA) is 12.0 Å². The van der Waals surface area contributed by atoms with Gasteiger partial charge in [-0.25, -0.2) is 4.39 Å². The zero-order chi connectivity index (χ0) is 9.10. The second kappa shape index (κ2) is 5.13. The highest BCUT2D eigenvalue weighted by molar-refractivity contribution is 5.66. The Morgan fingerprint density at radius 1 is 1.14 bits per heavy atom. The van der Waals surface area contributed by atoms with Gasteiger partial charge in [0.1, 0.15) is 5.82 Å². The Bertz CT molecular complexity index is 319. The van der Waals surface area contributed by atoms with Gasteiger partial charge in [0, 0.05) is 6.54 Å². The fourth-order valence-corrected chi connectivity index (χ4v) is 1.55. The lowest BCUT2D eigenvalue weighted by Gasteiger charge is -2.13. The predicted molar refractivity (Wildman–Crippen MR) is 51.9 cm³/mol. The summed E-state index contributed by atoms with van der Waals surface area (Å²) in [6, 6.07) is 6.70. The van der Waals surface area contributed by atoms with Crippen LogP contribution in [0.25, 0.3) is 5.57 Å². The predicted octanol–water partition coefficient (Wildman–Crippen LogP) is -0.794. The molecular formula is C11H12ClFN-. The Balaban J connectivity index is 0.000000980. The molecule has 3 heteroatoms. The second-order valence-electron chi connectivity index (χ2n) is 3.19. The van der Waals surface area contributed by atoms with Crippen LogP contribution in [0.2, 0.25) is 0 Å². The van der Waals surface area contributed by atoms with Crippen LogP contribution in [-0.2, 0) is 0 Å². The molecule has 76 valence electrons. The largest absolute Gasteiger partial charge is 1.00 e. The summed E-state index contributed by atoms with van der Waals surface area (Å²) in [4.78, 5) is 0. The first-order valence-corrected chi connectivity index (χ1v) is 4.52. The Kier molecular flexibility index (Phi) is 4.11. The van der Waals surface area contributed by atoms with Crippen molar-refractivity contribution in [3.8, 4) is 0 Å². The van der Waals surface area contributed by atoms with Gasteiger partial charge in [0.25, 0.3) is 0 Å². The SMILES string of the molecule is Fc1ccc(C2=CCNCC2)cc1.[Cl-]. The van der Waals surface area contributed by atoms with Crippen LogP contribution in [0.15, 0.2) is 30.3 Å². The Morgan fingerprint density at radius 3 is 2.43 bits per heavy atom. The third kappa shape index (κ3) is 2.56. The fourth-order valence-electron chi connectivity index (χ4n) is 1.55. The molecule has 0 saturated carbocycles. The molecule has 0 saturated heterocycles. The quantitative estimate of drug-likeness (QED) is 0.643. The number of rotatable bonds is 1. The molecule has 1 aliphatic heterocycles. The van der Waals surface area contributed by atoms with E-state index in [-0.39, 0.29) is 18.2 Å². The van der Waals surface area contributed by atoms with Crippen LogP contribution in [0.4, 0.5) is 4.39 Å². The molecule has 0 fully saturated rings. The minimum atomic E-state index is -0.168. The van der Waals surface area contributed by atoms with Crippen molar-refractivity contribution < 1.29 is 16.8 Å². The lowest BCUT2D eigenvalue weighted by Crippen LogP contribution is -3.00. The van der Waals surface area contributed by atoms with Gasteiger partial charge in [-0.3, -0.25) is 0 Å². The molecule has 0 spiro atoms. The first kappa shape index (κ1) is 11.2. The first-order chi connectivity index (χ1) is 6.36. The van der Waals surface area contributed by atoms with E-state index in [9.17, 15) is 4.39 Å². The van der Waals surface area contributed by atoms with Crippen molar-refractivity contribution in [2.24, 2.45) is 0 Å². The van der Waals surface area contributed by atoms with E-state index in [1.54, 1.807) is 0 Å². The lowest BCUT2D eigenvalue weighted by molar-refractivity contribution is -0.00000325. The van der Waals surface area contributed by atoms with E-state index in [1.165, 1.54) is 17.7 Å². The Hall–Kier alpha value is -0.860. The molecule has 0 atom stereocenters. The van der Waals surface area contributed by atoms with Crippen LogP contribution in [0.3, 0.4) is 0 Å². The molecule has 1 aromatic carbocycles. The van der Waals surface area contributed by atoms with Gasteiger partial charge in [-0.1, -0.05) is 18.2 Å². The van der Waals surface area contributed by atoms with E-state index in [1.807, 2.05) is 12.1 Å². The van der Waals surface area contributed by atoms with Gasteiger partial charge in [-0.15, -0.1) is 0 Å². The van der Waals surface area contributed by atoms with Crippen molar-refractivity contribution >= 4 is 5.57 Å². The summed E-state index contributed by atoms with van der Waals surface area (Å²) in [7, 11) is 0. The Morgan fingerprint density at radius 2 is 1.86 bits per heavy atom. The third-order valence-electron chi connectivity index (χ3n) is 2.28. The van der Waals surface area contributed by atoms with Gasteiger partial charge in [0.15, 0.2) is 0 Å². The van der Waals surface area contributed by atoms with E-state index in [0.29, 0.717) is 0 Å². The summed E-state index contributed by atoms with van der Waals surface area (Å²) in [5.41, 5.74) is 2.46. The molecule has 1 nitrogen and oxygen atoms in total. The summed E-state index contributed by atoms with van der Waals surface area (Å²) in [5.74, 6) is -0.168. The van der Waals surface area contributed by atoms with Crippen molar-refractivity contribution in [3.63, 3.8) is 0 Å². The molecule has 1 heterocycles. The van der Waals surface area contributed by atoms with Crippen molar-refractivity contribution in [3.05, 3.63) is 41.7 Å². The smallest absolute Gasteiger partial charge is 0.123 e.